The molecule has 0 saturated carbocycles. The quantitative estimate of drug-likeness (QED) is 0.785. The molecule has 0 aliphatic carbocycles. The number of rotatable bonds is 2. The van der Waals surface area contributed by atoms with Crippen LogP contribution >= 0.6 is 0 Å². The Balaban J connectivity index is 1.80. The Bertz CT molecular complexity index is 371. The molecule has 2 aliphatic heterocycles. The van der Waals surface area contributed by atoms with Gasteiger partial charge in [-0.25, -0.2) is 9.67 Å². The summed E-state index contributed by atoms with van der Waals surface area (Å²) in [6.07, 6.45) is 2.99. The van der Waals surface area contributed by atoms with Crippen LogP contribution in [-0.2, 0) is 17.7 Å². The van der Waals surface area contributed by atoms with Gasteiger partial charge in [0.2, 0.25) is 0 Å². The number of aliphatic hydroxyl groups is 1. The maximum absolute atomic E-state index is 9.15. The molecule has 16 heavy (non-hydrogen) atoms. The van der Waals surface area contributed by atoms with Crippen LogP contribution in [0, 0.1) is 5.92 Å². The number of aryl methyl sites for hydroxylation is 1. The molecule has 2 aliphatic rings. The fourth-order valence-electron chi connectivity index (χ4n) is 2.45. The molecule has 1 fully saturated rings. The van der Waals surface area contributed by atoms with Crippen molar-refractivity contribution in [3.05, 3.63) is 11.6 Å². The molecule has 0 aromatic carbocycles. The maximum Gasteiger partial charge on any atom is 0.156 e. The highest BCUT2D eigenvalue weighted by atomic mass is 16.5. The summed E-state index contributed by atoms with van der Waals surface area (Å²) in [6, 6.07) is 0. The molecule has 88 valence electrons. The number of hydrogen-bond donors (Lipinski definition) is 1. The first-order valence-electron chi connectivity index (χ1n) is 5.99. The van der Waals surface area contributed by atoms with E-state index in [1.807, 2.05) is 4.68 Å². The Hall–Kier alpha value is -0.940. The lowest BCUT2D eigenvalue weighted by atomic mass is 10.0. The molecule has 1 aromatic heterocycles. The van der Waals surface area contributed by atoms with Gasteiger partial charge in [-0.2, -0.15) is 5.10 Å². The van der Waals surface area contributed by atoms with Gasteiger partial charge in [0.25, 0.3) is 0 Å². The Kier molecular flexibility index (Phi) is 2.65. The number of hydrogen-bond acceptors (Lipinski definition) is 4. The standard InChI is InChI=1S/C11H17N3O2/c15-6-8-1-2-10-12-11(13-14(10)5-8)9-3-4-16-7-9/h8-9,15H,1-7H2. The van der Waals surface area contributed by atoms with Crippen molar-refractivity contribution in [3.8, 4) is 0 Å². The SMILES string of the molecule is OCC1CCc2nc(C3CCOC3)nn2C1. The molecule has 0 bridgehead atoms. The average Bonchev–Trinajstić information content (AvgIpc) is 2.96. The van der Waals surface area contributed by atoms with E-state index in [2.05, 4.69) is 10.1 Å². The van der Waals surface area contributed by atoms with E-state index in [-0.39, 0.29) is 6.61 Å². The van der Waals surface area contributed by atoms with Gasteiger partial charge in [-0.1, -0.05) is 0 Å². The summed E-state index contributed by atoms with van der Waals surface area (Å²) < 4.78 is 7.33. The summed E-state index contributed by atoms with van der Waals surface area (Å²) in [5.41, 5.74) is 0. The molecule has 0 radical (unpaired) electrons. The van der Waals surface area contributed by atoms with Gasteiger partial charge in [0.05, 0.1) is 6.61 Å². The van der Waals surface area contributed by atoms with Gasteiger partial charge < -0.3 is 9.84 Å². The largest absolute Gasteiger partial charge is 0.396 e. The van der Waals surface area contributed by atoms with E-state index in [4.69, 9.17) is 9.84 Å². The lowest BCUT2D eigenvalue weighted by Crippen LogP contribution is -2.23. The zero-order chi connectivity index (χ0) is 11.0. The number of ether oxygens (including phenoxy) is 1. The van der Waals surface area contributed by atoms with Crippen LogP contribution in [0.5, 0.6) is 0 Å². The molecular weight excluding hydrogens is 206 g/mol. The number of aliphatic hydroxyl groups excluding tert-OH is 1. The maximum atomic E-state index is 9.15. The smallest absolute Gasteiger partial charge is 0.156 e. The van der Waals surface area contributed by atoms with E-state index >= 15 is 0 Å². The van der Waals surface area contributed by atoms with Crippen LogP contribution < -0.4 is 0 Å². The number of aromatic nitrogens is 3. The lowest BCUT2D eigenvalue weighted by Gasteiger charge is -2.19. The van der Waals surface area contributed by atoms with E-state index in [0.717, 1.165) is 50.7 Å². The molecule has 0 amide bonds. The summed E-state index contributed by atoms with van der Waals surface area (Å²) in [5.74, 6) is 2.74. The minimum absolute atomic E-state index is 0.251. The second-order valence-electron chi connectivity index (χ2n) is 4.72. The average molecular weight is 223 g/mol. The second-order valence-corrected chi connectivity index (χ2v) is 4.72. The van der Waals surface area contributed by atoms with Crippen LogP contribution in [-0.4, -0.2) is 39.7 Å². The summed E-state index contributed by atoms with van der Waals surface area (Å²) in [6.45, 7) is 2.65. The van der Waals surface area contributed by atoms with Crippen LogP contribution in [0.3, 0.4) is 0 Å². The third-order valence-corrected chi connectivity index (χ3v) is 3.53. The first-order valence-corrected chi connectivity index (χ1v) is 5.99. The summed E-state index contributed by atoms with van der Waals surface area (Å²) in [5, 5.41) is 13.7. The van der Waals surface area contributed by atoms with E-state index in [0.29, 0.717) is 11.8 Å². The molecule has 5 heteroatoms. The highest BCUT2D eigenvalue weighted by molar-refractivity contribution is 5.03. The van der Waals surface area contributed by atoms with Crippen molar-refractivity contribution < 1.29 is 9.84 Å². The highest BCUT2D eigenvalue weighted by Crippen LogP contribution is 2.25. The predicted octanol–water partition coefficient (Wildman–Crippen LogP) is 0.337. The Labute approximate surface area is 94.4 Å². The van der Waals surface area contributed by atoms with Gasteiger partial charge in [-0.15, -0.1) is 0 Å². The molecular formula is C11H17N3O2. The van der Waals surface area contributed by atoms with Gasteiger partial charge in [-0.3, -0.25) is 0 Å². The first kappa shape index (κ1) is 10.2. The van der Waals surface area contributed by atoms with E-state index in [9.17, 15) is 0 Å². The zero-order valence-corrected chi connectivity index (χ0v) is 9.30. The summed E-state index contributed by atoms with van der Waals surface area (Å²) in [7, 11) is 0. The fraction of sp³-hybridized carbons (Fsp3) is 0.818. The van der Waals surface area contributed by atoms with Crippen LogP contribution in [0.25, 0.3) is 0 Å². The zero-order valence-electron chi connectivity index (χ0n) is 9.30. The minimum atomic E-state index is 0.251. The van der Waals surface area contributed by atoms with Crippen molar-refractivity contribution >= 4 is 0 Å². The molecule has 0 spiro atoms. The van der Waals surface area contributed by atoms with Crippen LogP contribution in [0.1, 0.15) is 30.4 Å². The number of nitrogens with zero attached hydrogens (tertiary/aromatic N) is 3. The third kappa shape index (κ3) is 1.74. The fourth-order valence-corrected chi connectivity index (χ4v) is 2.45. The van der Waals surface area contributed by atoms with Crippen molar-refractivity contribution in [2.24, 2.45) is 5.92 Å². The van der Waals surface area contributed by atoms with Gasteiger partial charge in [0.15, 0.2) is 5.82 Å². The summed E-state index contributed by atoms with van der Waals surface area (Å²) >= 11 is 0. The molecule has 1 saturated heterocycles. The molecule has 2 atom stereocenters. The Morgan fingerprint density at radius 3 is 3.12 bits per heavy atom. The van der Waals surface area contributed by atoms with Crippen molar-refractivity contribution in [2.45, 2.75) is 31.7 Å². The van der Waals surface area contributed by atoms with Crippen molar-refractivity contribution in [1.29, 1.82) is 0 Å². The van der Waals surface area contributed by atoms with E-state index in [1.165, 1.54) is 0 Å². The first-order chi connectivity index (χ1) is 7.86. The second kappa shape index (κ2) is 4.14. The third-order valence-electron chi connectivity index (χ3n) is 3.53. The number of fused-ring (bicyclic) bond motifs is 1. The van der Waals surface area contributed by atoms with Crippen molar-refractivity contribution in [3.63, 3.8) is 0 Å². The minimum Gasteiger partial charge on any atom is -0.396 e. The van der Waals surface area contributed by atoms with Gasteiger partial charge in [0.1, 0.15) is 5.82 Å². The van der Waals surface area contributed by atoms with E-state index < -0.39 is 0 Å². The Morgan fingerprint density at radius 2 is 2.38 bits per heavy atom. The topological polar surface area (TPSA) is 60.2 Å². The Morgan fingerprint density at radius 1 is 1.44 bits per heavy atom. The molecule has 3 rings (SSSR count). The highest BCUT2D eigenvalue weighted by Gasteiger charge is 2.26. The molecule has 2 unspecified atom stereocenters. The van der Waals surface area contributed by atoms with Crippen molar-refractivity contribution in [2.75, 3.05) is 19.8 Å². The summed E-state index contributed by atoms with van der Waals surface area (Å²) in [4.78, 5) is 4.59. The monoisotopic (exact) mass is 223 g/mol. The van der Waals surface area contributed by atoms with Crippen LogP contribution in [0.2, 0.25) is 0 Å². The molecule has 1 aromatic rings. The van der Waals surface area contributed by atoms with Gasteiger partial charge in [-0.05, 0) is 12.8 Å². The predicted molar refractivity (Wildman–Crippen MR) is 57.1 cm³/mol. The molecule has 5 nitrogen and oxygen atoms in total. The van der Waals surface area contributed by atoms with Crippen molar-refractivity contribution in [1.82, 2.24) is 14.8 Å². The molecule has 1 N–H and O–H groups in total. The molecule has 3 heterocycles. The lowest BCUT2D eigenvalue weighted by molar-refractivity contribution is 0.184. The van der Waals surface area contributed by atoms with Crippen LogP contribution in [0.15, 0.2) is 0 Å². The normalized spacial score (nSPS) is 29.3. The van der Waals surface area contributed by atoms with Gasteiger partial charge in [0, 0.05) is 38.0 Å². The van der Waals surface area contributed by atoms with E-state index in [1.54, 1.807) is 0 Å². The van der Waals surface area contributed by atoms with Gasteiger partial charge >= 0.3 is 0 Å². The van der Waals surface area contributed by atoms with Crippen LogP contribution in [0.4, 0.5) is 0 Å².